The fraction of sp³-hybridized carbons (Fsp3) is 0. The Kier molecular flexibility index (Phi) is 3.57. The summed E-state index contributed by atoms with van der Waals surface area (Å²) in [5, 5.41) is 20.9. The lowest BCUT2D eigenvalue weighted by Gasteiger charge is -2.00. The molecule has 0 radical (unpaired) electrons. The third-order valence-electron chi connectivity index (χ3n) is 2.82. The number of nitrogens with zero attached hydrogens (tertiary/aromatic N) is 4. The number of aromatic nitrogens is 4. The molecule has 21 heavy (non-hydrogen) atoms. The number of aromatic amines is 1. The Labute approximate surface area is 125 Å². The van der Waals surface area contributed by atoms with Crippen LogP contribution in [0.2, 0.25) is 0 Å². The van der Waals surface area contributed by atoms with E-state index in [1.807, 2.05) is 18.2 Å². The molecule has 0 atom stereocenters. The second kappa shape index (κ2) is 5.68. The maximum Gasteiger partial charge on any atom is 0.216 e. The predicted molar refractivity (Wildman–Crippen MR) is 81.7 cm³/mol. The number of nitrogens with one attached hydrogen (secondary N) is 1. The van der Waals surface area contributed by atoms with Gasteiger partial charge in [0.05, 0.1) is 6.21 Å². The Morgan fingerprint density at radius 2 is 2.10 bits per heavy atom. The van der Waals surface area contributed by atoms with Crippen LogP contribution in [-0.4, -0.2) is 31.2 Å². The second-order valence-corrected chi connectivity index (χ2v) is 4.60. The SMILES string of the molecule is Oc1ccccc1/C=N\n1c(-c2cccnc2)n[nH]c1=S. The topological polar surface area (TPSA) is 79.1 Å². The van der Waals surface area contributed by atoms with E-state index in [1.54, 1.807) is 30.6 Å². The van der Waals surface area contributed by atoms with Crippen LogP contribution in [0.15, 0.2) is 53.9 Å². The summed E-state index contributed by atoms with van der Waals surface area (Å²) in [6.07, 6.45) is 4.89. The smallest absolute Gasteiger partial charge is 0.216 e. The van der Waals surface area contributed by atoms with E-state index in [2.05, 4.69) is 20.3 Å². The van der Waals surface area contributed by atoms with Crippen molar-refractivity contribution in [1.82, 2.24) is 19.9 Å². The number of hydrogen-bond donors (Lipinski definition) is 2. The number of phenolic OH excluding ortho intramolecular Hbond substituents is 1. The number of aromatic hydroxyl groups is 1. The second-order valence-electron chi connectivity index (χ2n) is 4.21. The molecule has 0 spiro atoms. The summed E-state index contributed by atoms with van der Waals surface area (Å²) in [5.74, 6) is 0.707. The van der Waals surface area contributed by atoms with Gasteiger partial charge in [-0.1, -0.05) is 12.1 Å². The van der Waals surface area contributed by atoms with Crippen molar-refractivity contribution in [3.63, 3.8) is 0 Å². The molecule has 104 valence electrons. The molecule has 0 aliphatic rings. The average molecular weight is 297 g/mol. The summed E-state index contributed by atoms with van der Waals surface area (Å²) < 4.78 is 1.85. The van der Waals surface area contributed by atoms with Crippen molar-refractivity contribution in [2.45, 2.75) is 0 Å². The van der Waals surface area contributed by atoms with Crippen molar-refractivity contribution in [1.29, 1.82) is 0 Å². The standard InChI is InChI=1S/C14H11N5OS/c20-12-6-2-1-4-10(12)9-16-19-13(17-18-14(19)21)11-5-3-7-15-8-11/h1-9,20H,(H,18,21)/b16-9-. The molecule has 3 aromatic rings. The van der Waals surface area contributed by atoms with E-state index in [0.29, 0.717) is 16.2 Å². The van der Waals surface area contributed by atoms with Gasteiger partial charge in [-0.25, -0.2) is 5.10 Å². The summed E-state index contributed by atoms with van der Waals surface area (Å²) in [7, 11) is 0. The summed E-state index contributed by atoms with van der Waals surface area (Å²) >= 11 is 5.17. The molecule has 0 unspecified atom stereocenters. The van der Waals surface area contributed by atoms with Crippen molar-refractivity contribution in [2.75, 3.05) is 0 Å². The first-order chi connectivity index (χ1) is 10.3. The predicted octanol–water partition coefficient (Wildman–Crippen LogP) is 2.59. The third kappa shape index (κ3) is 2.72. The fourth-order valence-electron chi connectivity index (χ4n) is 1.80. The van der Waals surface area contributed by atoms with Crippen molar-refractivity contribution in [3.8, 4) is 17.1 Å². The van der Waals surface area contributed by atoms with Gasteiger partial charge in [-0.15, -0.1) is 0 Å². The van der Waals surface area contributed by atoms with Crippen molar-refractivity contribution in [3.05, 3.63) is 59.1 Å². The maximum absolute atomic E-state index is 9.73. The zero-order chi connectivity index (χ0) is 14.7. The van der Waals surface area contributed by atoms with Crippen LogP contribution in [0.5, 0.6) is 5.75 Å². The minimum atomic E-state index is 0.152. The highest BCUT2D eigenvalue weighted by molar-refractivity contribution is 7.71. The average Bonchev–Trinajstić information content (AvgIpc) is 2.88. The Balaban J connectivity index is 2.02. The maximum atomic E-state index is 9.73. The molecule has 2 aromatic heterocycles. The zero-order valence-electron chi connectivity index (χ0n) is 10.8. The lowest BCUT2D eigenvalue weighted by molar-refractivity contribution is 0.474. The molecule has 0 saturated carbocycles. The highest BCUT2D eigenvalue weighted by atomic mass is 32.1. The number of hydrogen-bond acceptors (Lipinski definition) is 5. The summed E-state index contributed by atoms with van der Waals surface area (Å²) in [6.45, 7) is 0. The van der Waals surface area contributed by atoms with E-state index in [0.717, 1.165) is 5.56 Å². The van der Waals surface area contributed by atoms with Crippen LogP contribution in [0.4, 0.5) is 0 Å². The molecule has 2 N–H and O–H groups in total. The van der Waals surface area contributed by atoms with Crippen LogP contribution in [0.25, 0.3) is 11.4 Å². The van der Waals surface area contributed by atoms with Crippen LogP contribution in [0, 0.1) is 4.77 Å². The van der Waals surface area contributed by atoms with E-state index in [9.17, 15) is 5.11 Å². The van der Waals surface area contributed by atoms with Crippen LogP contribution < -0.4 is 0 Å². The molecular weight excluding hydrogens is 286 g/mol. The Bertz CT molecular complexity index is 838. The number of H-pyrrole nitrogens is 1. The molecule has 0 aliphatic carbocycles. The molecule has 1 aromatic carbocycles. The molecule has 3 rings (SSSR count). The zero-order valence-corrected chi connectivity index (χ0v) is 11.7. The summed E-state index contributed by atoms with van der Waals surface area (Å²) in [4.78, 5) is 4.05. The number of pyridine rings is 1. The first kappa shape index (κ1) is 13.2. The molecule has 7 heteroatoms. The van der Waals surface area contributed by atoms with Crippen molar-refractivity contribution in [2.24, 2.45) is 5.10 Å². The van der Waals surface area contributed by atoms with Crippen LogP contribution in [0.1, 0.15) is 5.56 Å². The van der Waals surface area contributed by atoms with Crippen LogP contribution in [-0.2, 0) is 0 Å². The van der Waals surface area contributed by atoms with Gasteiger partial charge in [-0.05, 0) is 36.5 Å². The minimum absolute atomic E-state index is 0.152. The monoisotopic (exact) mass is 297 g/mol. The number of phenols is 1. The molecule has 2 heterocycles. The minimum Gasteiger partial charge on any atom is -0.507 e. The van der Waals surface area contributed by atoms with Crippen LogP contribution in [0.3, 0.4) is 0 Å². The number of benzene rings is 1. The molecule has 0 saturated heterocycles. The van der Waals surface area contributed by atoms with E-state index in [4.69, 9.17) is 12.2 Å². The first-order valence-electron chi connectivity index (χ1n) is 6.16. The molecule has 0 aliphatic heterocycles. The van der Waals surface area contributed by atoms with E-state index in [1.165, 1.54) is 10.9 Å². The summed E-state index contributed by atoms with van der Waals surface area (Å²) in [5.41, 5.74) is 1.39. The molecule has 6 nitrogen and oxygen atoms in total. The quantitative estimate of drug-likeness (QED) is 0.575. The highest BCUT2D eigenvalue weighted by Gasteiger charge is 2.07. The number of rotatable bonds is 3. The van der Waals surface area contributed by atoms with Crippen molar-refractivity contribution >= 4 is 18.4 Å². The third-order valence-corrected chi connectivity index (χ3v) is 3.08. The van der Waals surface area contributed by atoms with E-state index in [-0.39, 0.29) is 5.75 Å². The van der Waals surface area contributed by atoms with Gasteiger partial charge >= 0.3 is 0 Å². The fourth-order valence-corrected chi connectivity index (χ4v) is 1.98. The first-order valence-corrected chi connectivity index (χ1v) is 6.57. The van der Waals surface area contributed by atoms with Gasteiger partial charge in [0.15, 0.2) is 5.82 Å². The lowest BCUT2D eigenvalue weighted by Crippen LogP contribution is -1.95. The van der Waals surface area contributed by atoms with Gasteiger partial charge in [0.25, 0.3) is 0 Å². The normalized spacial score (nSPS) is 11.0. The van der Waals surface area contributed by atoms with Gasteiger partial charge in [0.1, 0.15) is 5.75 Å². The largest absolute Gasteiger partial charge is 0.507 e. The molecule has 0 fully saturated rings. The van der Waals surface area contributed by atoms with Gasteiger partial charge in [0.2, 0.25) is 4.77 Å². The van der Waals surface area contributed by atoms with Gasteiger partial charge in [0, 0.05) is 23.5 Å². The van der Waals surface area contributed by atoms with Gasteiger partial charge in [-0.2, -0.15) is 14.9 Å². The summed E-state index contributed by atoms with van der Waals surface area (Å²) in [6, 6.07) is 10.6. The molecule has 0 amide bonds. The van der Waals surface area contributed by atoms with E-state index >= 15 is 0 Å². The molecule has 0 bridgehead atoms. The van der Waals surface area contributed by atoms with Crippen LogP contribution >= 0.6 is 12.2 Å². The number of para-hydroxylation sites is 1. The van der Waals surface area contributed by atoms with Crippen molar-refractivity contribution < 1.29 is 5.11 Å². The highest BCUT2D eigenvalue weighted by Crippen LogP contribution is 2.16. The van der Waals surface area contributed by atoms with Gasteiger partial charge < -0.3 is 5.11 Å². The Morgan fingerprint density at radius 1 is 1.24 bits per heavy atom. The Morgan fingerprint density at radius 3 is 2.86 bits per heavy atom. The Hall–Kier alpha value is -2.80. The lowest BCUT2D eigenvalue weighted by atomic mass is 10.2. The van der Waals surface area contributed by atoms with Gasteiger partial charge in [-0.3, -0.25) is 4.98 Å². The molecular formula is C14H11N5OS. The van der Waals surface area contributed by atoms with E-state index < -0.39 is 0 Å².